The Morgan fingerprint density at radius 1 is 1.03 bits per heavy atom. The molecule has 0 saturated heterocycles. The molecule has 170 valence electrons. The molecule has 9 heteroatoms. The van der Waals surface area contributed by atoms with E-state index in [0.717, 1.165) is 11.1 Å². The van der Waals surface area contributed by atoms with Crippen molar-refractivity contribution in [2.45, 2.75) is 20.3 Å². The lowest BCUT2D eigenvalue weighted by Crippen LogP contribution is -2.28. The van der Waals surface area contributed by atoms with Crippen LogP contribution in [0.25, 0.3) is 6.08 Å². The number of aromatic nitrogens is 1. The number of ether oxygens (including phenoxy) is 2. The predicted molar refractivity (Wildman–Crippen MR) is 120 cm³/mol. The van der Waals surface area contributed by atoms with Gasteiger partial charge in [0.05, 0.1) is 0 Å². The molecule has 0 aliphatic rings. The highest BCUT2D eigenvalue weighted by atomic mass is 16.6. The highest BCUT2D eigenvalue weighted by Gasteiger charge is 2.15. The Balaban J connectivity index is 2.04. The minimum atomic E-state index is -0.654. The molecule has 0 atom stereocenters. The number of carbonyl (C=O) groups is 3. The maximum absolute atomic E-state index is 12.3. The van der Waals surface area contributed by atoms with Crippen molar-refractivity contribution in [2.24, 2.45) is 0 Å². The van der Waals surface area contributed by atoms with Gasteiger partial charge >= 0.3 is 12.2 Å². The van der Waals surface area contributed by atoms with E-state index in [1.165, 1.54) is 6.08 Å². The normalized spacial score (nSPS) is 10.5. The summed E-state index contributed by atoms with van der Waals surface area (Å²) in [6.45, 7) is 4.76. The zero-order valence-electron chi connectivity index (χ0n) is 18.5. The molecule has 2 rings (SSSR count). The monoisotopic (exact) mass is 440 g/mol. The maximum atomic E-state index is 12.3. The standard InChI is InChI=1S/C23H28N4O5/c1-4-25-22(29)31-19-10-8-17(15-20(19)32-23(30)26-5-2)12-14-27(3)21(28)11-9-18-7-6-13-24-16-18/h6-11,13,15-16H,4-5,12,14H2,1-3H3,(H,25,29)(H,26,30)/b11-9+. The minimum Gasteiger partial charge on any atom is -0.406 e. The number of amides is 3. The Bertz CT molecular complexity index is 947. The van der Waals surface area contributed by atoms with Crippen LogP contribution in [0.4, 0.5) is 9.59 Å². The van der Waals surface area contributed by atoms with Gasteiger partial charge in [0.2, 0.25) is 5.91 Å². The molecule has 0 spiro atoms. The van der Waals surface area contributed by atoms with Gasteiger partial charge in [0.25, 0.3) is 0 Å². The summed E-state index contributed by atoms with van der Waals surface area (Å²) in [5.74, 6) is 0.0868. The second-order valence-electron chi connectivity index (χ2n) is 6.75. The fourth-order valence-electron chi connectivity index (χ4n) is 2.61. The van der Waals surface area contributed by atoms with Gasteiger partial charge < -0.3 is 25.0 Å². The summed E-state index contributed by atoms with van der Waals surface area (Å²) in [7, 11) is 1.70. The number of pyridine rings is 1. The molecule has 0 aliphatic carbocycles. The van der Waals surface area contributed by atoms with Crippen LogP contribution in [-0.2, 0) is 11.2 Å². The highest BCUT2D eigenvalue weighted by molar-refractivity contribution is 5.91. The minimum absolute atomic E-state index is 0.116. The molecule has 2 aromatic rings. The summed E-state index contributed by atoms with van der Waals surface area (Å²) in [5.41, 5.74) is 1.65. The van der Waals surface area contributed by atoms with E-state index in [4.69, 9.17) is 9.47 Å². The number of benzene rings is 1. The molecular formula is C23H28N4O5. The van der Waals surface area contributed by atoms with Gasteiger partial charge in [0, 0.05) is 45.2 Å². The van der Waals surface area contributed by atoms with E-state index in [1.54, 1.807) is 68.5 Å². The van der Waals surface area contributed by atoms with E-state index in [-0.39, 0.29) is 17.4 Å². The third-order valence-corrected chi connectivity index (χ3v) is 4.27. The average molecular weight is 441 g/mol. The van der Waals surface area contributed by atoms with Crippen molar-refractivity contribution >= 4 is 24.2 Å². The molecule has 0 fully saturated rings. The van der Waals surface area contributed by atoms with Gasteiger partial charge in [-0.2, -0.15) is 0 Å². The van der Waals surface area contributed by atoms with Crippen LogP contribution in [0.2, 0.25) is 0 Å². The van der Waals surface area contributed by atoms with E-state index in [2.05, 4.69) is 15.6 Å². The van der Waals surface area contributed by atoms with Crippen molar-refractivity contribution < 1.29 is 23.9 Å². The van der Waals surface area contributed by atoms with Crippen LogP contribution < -0.4 is 20.1 Å². The van der Waals surface area contributed by atoms with Gasteiger partial charge in [0.1, 0.15) is 0 Å². The van der Waals surface area contributed by atoms with E-state index >= 15 is 0 Å². The molecule has 0 radical (unpaired) electrons. The number of hydrogen-bond donors (Lipinski definition) is 2. The summed E-state index contributed by atoms with van der Waals surface area (Å²) in [5, 5.41) is 5.05. The van der Waals surface area contributed by atoms with Gasteiger partial charge in [-0.05, 0) is 55.7 Å². The lowest BCUT2D eigenvalue weighted by Gasteiger charge is -2.16. The summed E-state index contributed by atoms with van der Waals surface area (Å²) >= 11 is 0. The molecule has 2 N–H and O–H groups in total. The van der Waals surface area contributed by atoms with Crippen LogP contribution in [0.1, 0.15) is 25.0 Å². The molecule has 9 nitrogen and oxygen atoms in total. The second kappa shape index (κ2) is 12.7. The first-order valence-corrected chi connectivity index (χ1v) is 10.3. The molecule has 0 saturated carbocycles. The van der Waals surface area contributed by atoms with Gasteiger partial charge in [-0.3, -0.25) is 9.78 Å². The largest absolute Gasteiger partial charge is 0.412 e. The fourth-order valence-corrected chi connectivity index (χ4v) is 2.61. The molecular weight excluding hydrogens is 412 g/mol. The van der Waals surface area contributed by atoms with Crippen LogP contribution in [0, 0.1) is 0 Å². The number of nitrogens with zero attached hydrogens (tertiary/aromatic N) is 2. The van der Waals surface area contributed by atoms with E-state index in [0.29, 0.717) is 26.1 Å². The molecule has 3 amide bonds. The zero-order valence-corrected chi connectivity index (χ0v) is 18.5. The Morgan fingerprint density at radius 3 is 2.34 bits per heavy atom. The smallest absolute Gasteiger partial charge is 0.406 e. The summed E-state index contributed by atoms with van der Waals surface area (Å²) in [4.78, 5) is 41.6. The number of likely N-dealkylation sites (N-methyl/N-ethyl adjacent to an activating group) is 1. The quantitative estimate of drug-likeness (QED) is 0.580. The van der Waals surface area contributed by atoms with Crippen LogP contribution >= 0.6 is 0 Å². The molecule has 1 heterocycles. The summed E-state index contributed by atoms with van der Waals surface area (Å²) in [6.07, 6.45) is 5.74. The Kier molecular flexibility index (Phi) is 9.70. The lowest BCUT2D eigenvalue weighted by atomic mass is 10.1. The first kappa shape index (κ1) is 24.4. The molecule has 1 aromatic carbocycles. The van der Waals surface area contributed by atoms with Crippen molar-refractivity contribution in [3.05, 3.63) is 59.9 Å². The van der Waals surface area contributed by atoms with Gasteiger partial charge in [-0.1, -0.05) is 12.1 Å². The average Bonchev–Trinajstić information content (AvgIpc) is 2.78. The number of rotatable bonds is 9. The molecule has 0 aliphatic heterocycles. The van der Waals surface area contributed by atoms with Crippen molar-refractivity contribution in [2.75, 3.05) is 26.7 Å². The van der Waals surface area contributed by atoms with Gasteiger partial charge in [-0.15, -0.1) is 0 Å². The van der Waals surface area contributed by atoms with Crippen molar-refractivity contribution in [1.29, 1.82) is 0 Å². The van der Waals surface area contributed by atoms with Crippen molar-refractivity contribution in [3.8, 4) is 11.5 Å². The van der Waals surface area contributed by atoms with E-state index < -0.39 is 12.2 Å². The number of carbonyl (C=O) groups excluding carboxylic acids is 3. The Hall–Kier alpha value is -3.88. The molecule has 0 bridgehead atoms. The summed E-state index contributed by atoms with van der Waals surface area (Å²) < 4.78 is 10.5. The van der Waals surface area contributed by atoms with E-state index in [1.807, 2.05) is 6.07 Å². The fraction of sp³-hybridized carbons (Fsp3) is 0.304. The topological polar surface area (TPSA) is 110 Å². The lowest BCUT2D eigenvalue weighted by molar-refractivity contribution is -0.124. The third-order valence-electron chi connectivity index (χ3n) is 4.27. The molecule has 1 aromatic heterocycles. The first-order chi connectivity index (χ1) is 15.4. The predicted octanol–water partition coefficient (Wildman–Crippen LogP) is 3.01. The van der Waals surface area contributed by atoms with Crippen LogP contribution in [-0.4, -0.2) is 54.7 Å². The number of hydrogen-bond acceptors (Lipinski definition) is 6. The van der Waals surface area contributed by atoms with Crippen LogP contribution in [0.3, 0.4) is 0 Å². The zero-order chi connectivity index (χ0) is 23.3. The third kappa shape index (κ3) is 8.10. The SMILES string of the molecule is CCNC(=O)Oc1ccc(CCN(C)C(=O)/C=C/c2cccnc2)cc1OC(=O)NCC. The Morgan fingerprint density at radius 2 is 1.72 bits per heavy atom. The van der Waals surface area contributed by atoms with Crippen molar-refractivity contribution in [1.82, 2.24) is 20.5 Å². The second-order valence-corrected chi connectivity index (χ2v) is 6.75. The van der Waals surface area contributed by atoms with Crippen LogP contribution in [0.15, 0.2) is 48.8 Å². The van der Waals surface area contributed by atoms with Gasteiger partial charge in [-0.25, -0.2) is 9.59 Å². The molecule has 32 heavy (non-hydrogen) atoms. The maximum Gasteiger partial charge on any atom is 0.412 e. The number of nitrogens with one attached hydrogen (secondary N) is 2. The first-order valence-electron chi connectivity index (χ1n) is 10.3. The van der Waals surface area contributed by atoms with Gasteiger partial charge in [0.15, 0.2) is 11.5 Å². The molecule has 0 unspecified atom stereocenters. The summed E-state index contributed by atoms with van der Waals surface area (Å²) in [6, 6.07) is 8.59. The Labute approximate surface area is 187 Å². The highest BCUT2D eigenvalue weighted by Crippen LogP contribution is 2.29. The van der Waals surface area contributed by atoms with Crippen molar-refractivity contribution in [3.63, 3.8) is 0 Å². The van der Waals surface area contributed by atoms with Crippen LogP contribution in [0.5, 0.6) is 11.5 Å². The van der Waals surface area contributed by atoms with E-state index in [9.17, 15) is 14.4 Å².